The highest BCUT2D eigenvalue weighted by atomic mass is 35.5. The van der Waals surface area contributed by atoms with Gasteiger partial charge in [0, 0.05) is 17.3 Å². The van der Waals surface area contributed by atoms with Crippen LogP contribution < -0.4 is 15.4 Å². The molecular weight excluding hydrogens is 350 g/mol. The zero-order valence-electron chi connectivity index (χ0n) is 13.3. The van der Waals surface area contributed by atoms with Gasteiger partial charge in [-0.05, 0) is 49.4 Å². The average molecular weight is 368 g/mol. The standard InChI is InChI=1S/C16H18ClN3O3S/c1-11-3-8-14(24(22,23)18-2)9-15(11)20-16(21)19-10-12-4-6-13(17)7-5-12/h3-9,18H,10H2,1-2H3,(H2,19,20,21). The molecule has 2 rings (SSSR count). The second-order valence-electron chi connectivity index (χ2n) is 5.12. The highest BCUT2D eigenvalue weighted by molar-refractivity contribution is 7.89. The van der Waals surface area contributed by atoms with Crippen LogP contribution in [0.5, 0.6) is 0 Å². The molecule has 0 bridgehead atoms. The molecule has 0 aromatic heterocycles. The number of anilines is 1. The third kappa shape index (κ3) is 4.70. The van der Waals surface area contributed by atoms with Crippen molar-refractivity contribution < 1.29 is 13.2 Å². The maximum Gasteiger partial charge on any atom is 0.319 e. The van der Waals surface area contributed by atoms with Gasteiger partial charge in [-0.25, -0.2) is 17.9 Å². The molecular formula is C16H18ClN3O3S. The third-order valence-corrected chi connectivity index (χ3v) is 5.07. The first-order valence-electron chi connectivity index (χ1n) is 7.15. The number of aryl methyl sites for hydroxylation is 1. The molecule has 3 N–H and O–H groups in total. The predicted octanol–water partition coefficient (Wildman–Crippen LogP) is 2.88. The van der Waals surface area contributed by atoms with E-state index < -0.39 is 16.1 Å². The summed E-state index contributed by atoms with van der Waals surface area (Å²) in [7, 11) is -2.23. The van der Waals surface area contributed by atoms with E-state index in [0.717, 1.165) is 11.1 Å². The first kappa shape index (κ1) is 18.3. The lowest BCUT2D eigenvalue weighted by Crippen LogP contribution is -2.28. The third-order valence-electron chi connectivity index (χ3n) is 3.40. The van der Waals surface area contributed by atoms with Gasteiger partial charge in [-0.1, -0.05) is 29.8 Å². The highest BCUT2D eigenvalue weighted by Gasteiger charge is 2.14. The summed E-state index contributed by atoms with van der Waals surface area (Å²) in [5.74, 6) is 0. The van der Waals surface area contributed by atoms with Gasteiger partial charge in [0.25, 0.3) is 0 Å². The molecule has 8 heteroatoms. The minimum absolute atomic E-state index is 0.0867. The van der Waals surface area contributed by atoms with Gasteiger partial charge in [0.05, 0.1) is 4.90 Å². The van der Waals surface area contributed by atoms with Crippen molar-refractivity contribution in [1.82, 2.24) is 10.0 Å². The van der Waals surface area contributed by atoms with Crippen molar-refractivity contribution in [1.29, 1.82) is 0 Å². The van der Waals surface area contributed by atoms with E-state index in [1.54, 1.807) is 25.1 Å². The van der Waals surface area contributed by atoms with Crippen LogP contribution in [-0.2, 0) is 16.6 Å². The van der Waals surface area contributed by atoms with Crippen LogP contribution in [0.3, 0.4) is 0 Å². The fourth-order valence-corrected chi connectivity index (χ4v) is 2.85. The van der Waals surface area contributed by atoms with Crippen molar-refractivity contribution in [2.45, 2.75) is 18.4 Å². The van der Waals surface area contributed by atoms with Crippen molar-refractivity contribution in [3.05, 3.63) is 58.6 Å². The van der Waals surface area contributed by atoms with Crippen LogP contribution in [0.25, 0.3) is 0 Å². The summed E-state index contributed by atoms with van der Waals surface area (Å²) < 4.78 is 25.9. The SMILES string of the molecule is CNS(=O)(=O)c1ccc(C)c(NC(=O)NCc2ccc(Cl)cc2)c1. The quantitative estimate of drug-likeness (QED) is 0.759. The van der Waals surface area contributed by atoms with Crippen LogP contribution in [0.15, 0.2) is 47.4 Å². The molecule has 0 aliphatic heterocycles. The van der Waals surface area contributed by atoms with E-state index in [1.165, 1.54) is 19.2 Å². The van der Waals surface area contributed by atoms with Crippen LogP contribution in [-0.4, -0.2) is 21.5 Å². The van der Waals surface area contributed by atoms with E-state index in [2.05, 4.69) is 15.4 Å². The summed E-state index contributed by atoms with van der Waals surface area (Å²) in [6.07, 6.45) is 0. The Labute approximate surface area is 146 Å². The molecule has 24 heavy (non-hydrogen) atoms. The topological polar surface area (TPSA) is 87.3 Å². The average Bonchev–Trinajstić information content (AvgIpc) is 2.56. The lowest BCUT2D eigenvalue weighted by atomic mass is 10.2. The van der Waals surface area contributed by atoms with Gasteiger partial charge in [-0.2, -0.15) is 0 Å². The Hall–Kier alpha value is -2.09. The summed E-state index contributed by atoms with van der Waals surface area (Å²) in [6.45, 7) is 2.11. The van der Waals surface area contributed by atoms with Crippen LogP contribution in [0.2, 0.25) is 5.02 Å². The molecule has 0 heterocycles. The maximum atomic E-state index is 12.0. The molecule has 0 fully saturated rings. The van der Waals surface area contributed by atoms with Crippen LogP contribution in [0, 0.1) is 6.92 Å². The summed E-state index contributed by atoms with van der Waals surface area (Å²) in [5.41, 5.74) is 2.09. The number of carbonyl (C=O) groups is 1. The second-order valence-corrected chi connectivity index (χ2v) is 7.44. The number of nitrogens with one attached hydrogen (secondary N) is 3. The van der Waals surface area contributed by atoms with Crippen molar-refractivity contribution in [2.24, 2.45) is 0 Å². The molecule has 2 amide bonds. The zero-order chi connectivity index (χ0) is 17.7. The molecule has 2 aromatic rings. The smallest absolute Gasteiger partial charge is 0.319 e. The predicted molar refractivity (Wildman–Crippen MR) is 94.7 cm³/mol. The van der Waals surface area contributed by atoms with Crippen LogP contribution in [0.1, 0.15) is 11.1 Å². The van der Waals surface area contributed by atoms with Gasteiger partial charge < -0.3 is 10.6 Å². The Bertz CT molecular complexity index is 836. The molecule has 0 atom stereocenters. The number of hydrogen-bond acceptors (Lipinski definition) is 3. The van der Waals surface area contributed by atoms with Crippen molar-refractivity contribution >= 4 is 33.3 Å². The first-order chi connectivity index (χ1) is 11.3. The summed E-state index contributed by atoms with van der Waals surface area (Å²) in [4.78, 5) is 12.1. The molecule has 0 spiro atoms. The van der Waals surface area contributed by atoms with Gasteiger partial charge in [0.1, 0.15) is 0 Å². The molecule has 0 unspecified atom stereocenters. The first-order valence-corrected chi connectivity index (χ1v) is 9.01. The van der Waals surface area contributed by atoms with Gasteiger partial charge in [0.15, 0.2) is 0 Å². The van der Waals surface area contributed by atoms with E-state index in [9.17, 15) is 13.2 Å². The number of carbonyl (C=O) groups excluding carboxylic acids is 1. The molecule has 128 valence electrons. The fourth-order valence-electron chi connectivity index (χ4n) is 1.97. The van der Waals surface area contributed by atoms with Crippen molar-refractivity contribution in [2.75, 3.05) is 12.4 Å². The number of hydrogen-bond donors (Lipinski definition) is 3. The number of benzene rings is 2. The Morgan fingerprint density at radius 1 is 1.12 bits per heavy atom. The number of urea groups is 1. The second kappa shape index (κ2) is 7.65. The Balaban J connectivity index is 2.05. The van der Waals surface area contributed by atoms with E-state index in [1.807, 2.05) is 12.1 Å². The van der Waals surface area contributed by atoms with Crippen LogP contribution in [0.4, 0.5) is 10.5 Å². The minimum atomic E-state index is -3.57. The van der Waals surface area contributed by atoms with Crippen molar-refractivity contribution in [3.8, 4) is 0 Å². The Morgan fingerprint density at radius 2 is 1.79 bits per heavy atom. The van der Waals surface area contributed by atoms with E-state index >= 15 is 0 Å². The van der Waals surface area contributed by atoms with E-state index in [-0.39, 0.29) is 4.90 Å². The fraction of sp³-hybridized carbons (Fsp3) is 0.188. The molecule has 0 aliphatic rings. The Kier molecular flexibility index (Phi) is 5.82. The monoisotopic (exact) mass is 367 g/mol. The van der Waals surface area contributed by atoms with Crippen LogP contribution >= 0.6 is 11.6 Å². The number of rotatable bonds is 5. The molecule has 6 nitrogen and oxygen atoms in total. The minimum Gasteiger partial charge on any atom is -0.334 e. The van der Waals surface area contributed by atoms with Gasteiger partial charge in [0.2, 0.25) is 10.0 Å². The lowest BCUT2D eigenvalue weighted by Gasteiger charge is -2.12. The number of amides is 2. The van der Waals surface area contributed by atoms with Gasteiger partial charge >= 0.3 is 6.03 Å². The summed E-state index contributed by atoms with van der Waals surface area (Å²) in [6, 6.07) is 11.2. The normalized spacial score (nSPS) is 11.1. The van der Waals surface area contributed by atoms with Gasteiger partial charge in [-0.3, -0.25) is 0 Å². The number of sulfonamides is 1. The maximum absolute atomic E-state index is 12.0. The Morgan fingerprint density at radius 3 is 2.42 bits per heavy atom. The zero-order valence-corrected chi connectivity index (χ0v) is 14.8. The summed E-state index contributed by atoms with van der Waals surface area (Å²) in [5, 5.41) is 5.99. The molecule has 0 saturated carbocycles. The molecule has 0 radical (unpaired) electrons. The van der Waals surface area contributed by atoms with Crippen molar-refractivity contribution in [3.63, 3.8) is 0 Å². The lowest BCUT2D eigenvalue weighted by molar-refractivity contribution is 0.251. The summed E-state index contributed by atoms with van der Waals surface area (Å²) >= 11 is 5.81. The largest absolute Gasteiger partial charge is 0.334 e. The number of halogens is 1. The molecule has 0 aliphatic carbocycles. The molecule has 2 aromatic carbocycles. The van der Waals surface area contributed by atoms with E-state index in [0.29, 0.717) is 17.3 Å². The van der Waals surface area contributed by atoms with E-state index in [4.69, 9.17) is 11.6 Å². The molecule has 0 saturated heterocycles. The highest BCUT2D eigenvalue weighted by Crippen LogP contribution is 2.20. The van der Waals surface area contributed by atoms with Gasteiger partial charge in [-0.15, -0.1) is 0 Å².